The summed E-state index contributed by atoms with van der Waals surface area (Å²) in [6.45, 7) is 5.21. The van der Waals surface area contributed by atoms with Gasteiger partial charge in [-0.05, 0) is 26.8 Å². The first-order valence-electron chi connectivity index (χ1n) is 3.76. The van der Waals surface area contributed by atoms with Crippen LogP contribution in [0.3, 0.4) is 0 Å². The second kappa shape index (κ2) is 5.65. The van der Waals surface area contributed by atoms with Crippen molar-refractivity contribution >= 4 is 0 Å². The van der Waals surface area contributed by atoms with E-state index in [1.165, 1.54) is 0 Å². The molecular formula is C7H18N2O. The summed E-state index contributed by atoms with van der Waals surface area (Å²) in [4.78, 5) is 0. The largest absolute Gasteiger partial charge is 0.374 e. The van der Waals surface area contributed by atoms with Crippen molar-refractivity contribution in [2.24, 2.45) is 11.5 Å². The molecule has 0 saturated heterocycles. The van der Waals surface area contributed by atoms with E-state index in [9.17, 15) is 0 Å². The van der Waals surface area contributed by atoms with Crippen molar-refractivity contribution in [3.63, 3.8) is 0 Å². The van der Waals surface area contributed by atoms with E-state index in [0.717, 1.165) is 6.42 Å². The molecule has 4 N–H and O–H groups in total. The molecule has 1 atom stereocenters. The van der Waals surface area contributed by atoms with Gasteiger partial charge < -0.3 is 16.2 Å². The Morgan fingerprint density at radius 1 is 1.30 bits per heavy atom. The minimum Gasteiger partial charge on any atom is -0.374 e. The van der Waals surface area contributed by atoms with Gasteiger partial charge in [0.15, 0.2) is 0 Å². The molecule has 0 spiro atoms. The lowest BCUT2D eigenvalue weighted by Crippen LogP contribution is -2.28. The Kier molecular flexibility index (Phi) is 5.58. The smallest absolute Gasteiger partial charge is 0.0712 e. The van der Waals surface area contributed by atoms with Gasteiger partial charge in [0.05, 0.1) is 12.2 Å². The highest BCUT2D eigenvalue weighted by Gasteiger charge is 2.06. The van der Waals surface area contributed by atoms with Gasteiger partial charge in [-0.15, -0.1) is 0 Å². The zero-order chi connectivity index (χ0) is 7.98. The van der Waals surface area contributed by atoms with E-state index >= 15 is 0 Å². The highest BCUT2D eigenvalue weighted by atomic mass is 16.5. The number of nitrogens with two attached hydrogens (primary N) is 2. The monoisotopic (exact) mass is 146 g/mol. The van der Waals surface area contributed by atoms with Crippen LogP contribution in [0, 0.1) is 0 Å². The van der Waals surface area contributed by atoms with Gasteiger partial charge >= 0.3 is 0 Å². The first-order valence-corrected chi connectivity index (χ1v) is 3.76. The van der Waals surface area contributed by atoms with E-state index in [1.54, 1.807) is 0 Å². The highest BCUT2D eigenvalue weighted by Crippen LogP contribution is 1.99. The molecule has 0 amide bonds. The van der Waals surface area contributed by atoms with E-state index in [1.807, 2.05) is 13.8 Å². The van der Waals surface area contributed by atoms with Crippen LogP contribution in [0.4, 0.5) is 0 Å². The molecule has 0 aliphatic heterocycles. The van der Waals surface area contributed by atoms with E-state index in [-0.39, 0.29) is 12.2 Å². The summed E-state index contributed by atoms with van der Waals surface area (Å²) in [6, 6.07) is 0. The van der Waals surface area contributed by atoms with E-state index in [4.69, 9.17) is 16.2 Å². The average molecular weight is 146 g/mol. The minimum atomic E-state index is 0.144. The molecule has 0 saturated carbocycles. The Labute approximate surface area is 62.7 Å². The third-order valence-electron chi connectivity index (χ3n) is 1.22. The minimum absolute atomic E-state index is 0.144. The molecule has 0 bridgehead atoms. The fourth-order valence-corrected chi connectivity index (χ4v) is 0.812. The Morgan fingerprint density at radius 3 is 2.20 bits per heavy atom. The summed E-state index contributed by atoms with van der Waals surface area (Å²) < 4.78 is 5.43. The molecule has 0 fully saturated rings. The summed E-state index contributed by atoms with van der Waals surface area (Å²) in [5.74, 6) is 0. The maximum absolute atomic E-state index is 5.43. The van der Waals surface area contributed by atoms with Gasteiger partial charge in [0, 0.05) is 6.54 Å². The van der Waals surface area contributed by atoms with Gasteiger partial charge in [-0.25, -0.2) is 0 Å². The number of ether oxygens (including phenoxy) is 1. The molecule has 0 heterocycles. The van der Waals surface area contributed by atoms with Gasteiger partial charge in [-0.3, -0.25) is 0 Å². The molecule has 3 nitrogen and oxygen atoms in total. The van der Waals surface area contributed by atoms with Crippen molar-refractivity contribution in [3.05, 3.63) is 0 Å². The second-order valence-corrected chi connectivity index (χ2v) is 2.62. The van der Waals surface area contributed by atoms with Crippen LogP contribution in [0.15, 0.2) is 0 Å². The SMILES string of the molecule is CC(C)O[C@H](CN)CCN. The molecule has 0 rings (SSSR count). The van der Waals surface area contributed by atoms with Crippen molar-refractivity contribution < 1.29 is 4.74 Å². The van der Waals surface area contributed by atoms with Gasteiger partial charge in [0.1, 0.15) is 0 Å². The summed E-state index contributed by atoms with van der Waals surface area (Å²) >= 11 is 0. The Hall–Kier alpha value is -0.120. The quantitative estimate of drug-likeness (QED) is 0.577. The van der Waals surface area contributed by atoms with Crippen LogP contribution < -0.4 is 11.5 Å². The number of hydrogen-bond acceptors (Lipinski definition) is 3. The third-order valence-corrected chi connectivity index (χ3v) is 1.22. The van der Waals surface area contributed by atoms with Crippen LogP contribution in [-0.2, 0) is 4.74 Å². The van der Waals surface area contributed by atoms with Crippen LogP contribution >= 0.6 is 0 Å². The van der Waals surface area contributed by atoms with Crippen LogP contribution in [0.1, 0.15) is 20.3 Å². The Bertz CT molecular complexity index is 76.0. The summed E-state index contributed by atoms with van der Waals surface area (Å²) in [6.07, 6.45) is 1.25. The fraction of sp³-hybridized carbons (Fsp3) is 1.00. The first kappa shape index (κ1) is 9.88. The van der Waals surface area contributed by atoms with Gasteiger partial charge in [0.25, 0.3) is 0 Å². The predicted molar refractivity (Wildman–Crippen MR) is 42.7 cm³/mol. The van der Waals surface area contributed by atoms with Crippen molar-refractivity contribution in [2.75, 3.05) is 13.1 Å². The molecule has 0 radical (unpaired) electrons. The maximum atomic E-state index is 5.43. The zero-order valence-electron chi connectivity index (χ0n) is 6.84. The lowest BCUT2D eigenvalue weighted by atomic mass is 10.2. The molecule has 10 heavy (non-hydrogen) atoms. The van der Waals surface area contributed by atoms with Crippen LogP contribution in [0.5, 0.6) is 0 Å². The molecule has 0 aromatic rings. The van der Waals surface area contributed by atoms with Crippen molar-refractivity contribution in [1.29, 1.82) is 0 Å². The van der Waals surface area contributed by atoms with E-state index < -0.39 is 0 Å². The molecule has 0 aliphatic rings. The molecule has 0 aromatic heterocycles. The fourth-order valence-electron chi connectivity index (χ4n) is 0.812. The maximum Gasteiger partial charge on any atom is 0.0712 e. The molecule has 0 aliphatic carbocycles. The van der Waals surface area contributed by atoms with E-state index in [0.29, 0.717) is 13.1 Å². The lowest BCUT2D eigenvalue weighted by molar-refractivity contribution is 0.0101. The normalized spacial score (nSPS) is 14.1. The highest BCUT2D eigenvalue weighted by molar-refractivity contribution is 4.59. The second-order valence-electron chi connectivity index (χ2n) is 2.62. The van der Waals surface area contributed by atoms with Gasteiger partial charge in [-0.1, -0.05) is 0 Å². The van der Waals surface area contributed by atoms with Crippen molar-refractivity contribution in [1.82, 2.24) is 0 Å². The Balaban J connectivity index is 3.39. The third kappa shape index (κ3) is 4.73. The predicted octanol–water partition coefficient (Wildman–Crippen LogP) is 0.0875. The zero-order valence-corrected chi connectivity index (χ0v) is 6.84. The molecule has 0 aromatic carbocycles. The number of hydrogen-bond donors (Lipinski definition) is 2. The lowest BCUT2D eigenvalue weighted by Gasteiger charge is -2.17. The molecule has 0 unspecified atom stereocenters. The van der Waals surface area contributed by atoms with Gasteiger partial charge in [0.2, 0.25) is 0 Å². The summed E-state index contributed by atoms with van der Waals surface area (Å²) in [7, 11) is 0. The average Bonchev–Trinajstić information content (AvgIpc) is 1.86. The Morgan fingerprint density at radius 2 is 1.90 bits per heavy atom. The van der Waals surface area contributed by atoms with Crippen LogP contribution in [-0.4, -0.2) is 25.3 Å². The van der Waals surface area contributed by atoms with Gasteiger partial charge in [-0.2, -0.15) is 0 Å². The summed E-state index contributed by atoms with van der Waals surface area (Å²) in [5, 5.41) is 0. The van der Waals surface area contributed by atoms with Crippen molar-refractivity contribution in [3.8, 4) is 0 Å². The molecule has 3 heteroatoms. The first-order chi connectivity index (χ1) is 4.70. The van der Waals surface area contributed by atoms with E-state index in [2.05, 4.69) is 0 Å². The standard InChI is InChI=1S/C7H18N2O/c1-6(2)10-7(5-9)3-4-8/h6-7H,3-5,8-9H2,1-2H3/t7-/m0/s1. The molecule has 62 valence electrons. The van der Waals surface area contributed by atoms with Crippen LogP contribution in [0.25, 0.3) is 0 Å². The van der Waals surface area contributed by atoms with Crippen LogP contribution in [0.2, 0.25) is 0 Å². The summed E-state index contributed by atoms with van der Waals surface area (Å²) in [5.41, 5.74) is 10.8. The molecular weight excluding hydrogens is 128 g/mol. The van der Waals surface area contributed by atoms with Crippen molar-refractivity contribution in [2.45, 2.75) is 32.5 Å². The number of rotatable bonds is 5. The topological polar surface area (TPSA) is 61.3 Å².